The predicted molar refractivity (Wildman–Crippen MR) is 97.1 cm³/mol. The van der Waals surface area contributed by atoms with E-state index < -0.39 is 11.7 Å². The van der Waals surface area contributed by atoms with Crippen LogP contribution in [0.4, 0.5) is 30.4 Å². The van der Waals surface area contributed by atoms with Gasteiger partial charge in [-0.3, -0.25) is 0 Å². The minimum absolute atomic E-state index is 0.174. The molecule has 1 N–H and O–H groups in total. The molecular weight excluding hydrogens is 373 g/mol. The van der Waals surface area contributed by atoms with E-state index in [4.69, 9.17) is 9.47 Å². The molecule has 0 radical (unpaired) electrons. The van der Waals surface area contributed by atoms with E-state index in [-0.39, 0.29) is 23.1 Å². The number of nitrogens with one attached hydrogen (secondary N) is 1. The molecule has 0 amide bonds. The van der Waals surface area contributed by atoms with Gasteiger partial charge in [0.2, 0.25) is 0 Å². The number of rotatable bonds is 3. The maximum Gasteiger partial charge on any atom is 0.416 e. The van der Waals surface area contributed by atoms with E-state index in [0.717, 1.165) is 12.1 Å². The Kier molecular flexibility index (Phi) is 4.34. The smallest absolute Gasteiger partial charge is 0.416 e. The van der Waals surface area contributed by atoms with E-state index in [0.29, 0.717) is 17.1 Å². The van der Waals surface area contributed by atoms with Crippen LogP contribution in [0.1, 0.15) is 11.1 Å². The Morgan fingerprint density at radius 3 is 2.71 bits per heavy atom. The van der Waals surface area contributed by atoms with Gasteiger partial charge in [0.25, 0.3) is 5.88 Å². The van der Waals surface area contributed by atoms with Crippen LogP contribution in [-0.4, -0.2) is 23.3 Å². The molecule has 0 unspecified atom stereocenters. The van der Waals surface area contributed by atoms with Gasteiger partial charge >= 0.3 is 6.18 Å². The monoisotopic (exact) mass is 386 g/mol. The average molecular weight is 386 g/mol. The molecule has 2 heterocycles. The molecule has 0 aliphatic carbocycles. The first-order valence-electron chi connectivity index (χ1n) is 8.13. The molecule has 1 aliphatic heterocycles. The number of halogens is 3. The molecule has 2 aromatic carbocycles. The van der Waals surface area contributed by atoms with E-state index >= 15 is 0 Å². The molecule has 142 valence electrons. The highest BCUT2D eigenvalue weighted by Crippen LogP contribution is 2.40. The molecule has 0 atom stereocenters. The van der Waals surface area contributed by atoms with Crippen LogP contribution in [0.25, 0.3) is 0 Å². The molecule has 0 saturated heterocycles. The first-order valence-corrected chi connectivity index (χ1v) is 8.13. The summed E-state index contributed by atoms with van der Waals surface area (Å²) in [6, 6.07) is 10.0. The lowest BCUT2D eigenvalue weighted by Gasteiger charge is -2.12. The minimum Gasteiger partial charge on any atom is -0.497 e. The van der Waals surface area contributed by atoms with E-state index in [1.165, 1.54) is 18.5 Å². The fraction of sp³-hybridized carbons (Fsp3) is 0.105. The Bertz CT molecular complexity index is 1070. The summed E-state index contributed by atoms with van der Waals surface area (Å²) in [7, 11) is 1.54. The lowest BCUT2D eigenvalue weighted by Crippen LogP contribution is -2.05. The van der Waals surface area contributed by atoms with Crippen molar-refractivity contribution in [3.63, 3.8) is 0 Å². The SMILES string of the molecule is COc1ccc2c(c1)Oc1ncnc(Nc3cccc(C(F)(F)F)c3)c1N=C2. The second-order valence-corrected chi connectivity index (χ2v) is 5.84. The van der Waals surface area contributed by atoms with Crippen LogP contribution in [-0.2, 0) is 6.18 Å². The number of ether oxygens (including phenoxy) is 2. The van der Waals surface area contributed by atoms with Gasteiger partial charge in [0.1, 0.15) is 17.8 Å². The van der Waals surface area contributed by atoms with Crippen molar-refractivity contribution in [1.29, 1.82) is 0 Å². The van der Waals surface area contributed by atoms with Gasteiger partial charge < -0.3 is 14.8 Å². The molecule has 28 heavy (non-hydrogen) atoms. The van der Waals surface area contributed by atoms with Gasteiger partial charge in [0.15, 0.2) is 11.5 Å². The molecule has 1 aromatic heterocycles. The fourth-order valence-electron chi connectivity index (χ4n) is 2.63. The first kappa shape index (κ1) is 17.8. The number of nitrogens with zero attached hydrogens (tertiary/aromatic N) is 3. The third-order valence-electron chi connectivity index (χ3n) is 4.00. The molecule has 9 heteroatoms. The van der Waals surface area contributed by atoms with Crippen LogP contribution in [0.2, 0.25) is 0 Å². The van der Waals surface area contributed by atoms with Crippen molar-refractivity contribution in [2.24, 2.45) is 4.99 Å². The molecule has 4 rings (SSSR count). The highest BCUT2D eigenvalue weighted by Gasteiger charge is 2.30. The Hall–Kier alpha value is -3.62. The average Bonchev–Trinajstić information content (AvgIpc) is 2.86. The van der Waals surface area contributed by atoms with Gasteiger partial charge in [-0.15, -0.1) is 0 Å². The Morgan fingerprint density at radius 2 is 1.93 bits per heavy atom. The Morgan fingerprint density at radius 1 is 1.07 bits per heavy atom. The number of hydrogen-bond acceptors (Lipinski definition) is 6. The second kappa shape index (κ2) is 6.84. The van der Waals surface area contributed by atoms with Crippen molar-refractivity contribution in [2.45, 2.75) is 6.18 Å². The zero-order valence-corrected chi connectivity index (χ0v) is 14.5. The van der Waals surface area contributed by atoms with Crippen molar-refractivity contribution in [1.82, 2.24) is 9.97 Å². The number of alkyl halides is 3. The summed E-state index contributed by atoms with van der Waals surface area (Å²) >= 11 is 0. The van der Waals surface area contributed by atoms with Crippen LogP contribution < -0.4 is 14.8 Å². The number of aromatic nitrogens is 2. The van der Waals surface area contributed by atoms with E-state index in [1.54, 1.807) is 31.5 Å². The summed E-state index contributed by atoms with van der Waals surface area (Å²) in [5.41, 5.74) is 0.421. The third-order valence-corrected chi connectivity index (χ3v) is 4.00. The van der Waals surface area contributed by atoms with Crippen molar-refractivity contribution in [3.8, 4) is 17.4 Å². The maximum atomic E-state index is 12.9. The van der Waals surface area contributed by atoms with Crippen LogP contribution in [0.3, 0.4) is 0 Å². The number of hydrogen-bond donors (Lipinski definition) is 1. The lowest BCUT2D eigenvalue weighted by atomic mass is 10.2. The van der Waals surface area contributed by atoms with Gasteiger partial charge in [-0.1, -0.05) is 6.07 Å². The van der Waals surface area contributed by atoms with Gasteiger partial charge in [0.05, 0.1) is 12.7 Å². The molecule has 0 spiro atoms. The van der Waals surface area contributed by atoms with E-state index in [2.05, 4.69) is 20.3 Å². The largest absolute Gasteiger partial charge is 0.497 e. The fourth-order valence-corrected chi connectivity index (χ4v) is 2.63. The summed E-state index contributed by atoms with van der Waals surface area (Å²) in [5, 5.41) is 2.85. The zero-order valence-electron chi connectivity index (χ0n) is 14.5. The van der Waals surface area contributed by atoms with Gasteiger partial charge in [0, 0.05) is 23.5 Å². The molecule has 0 saturated carbocycles. The number of fused-ring (bicyclic) bond motifs is 2. The summed E-state index contributed by atoms with van der Waals surface area (Å²) in [4.78, 5) is 12.5. The maximum absolute atomic E-state index is 12.9. The topological polar surface area (TPSA) is 68.6 Å². The van der Waals surface area contributed by atoms with Gasteiger partial charge in [-0.25, -0.2) is 9.98 Å². The van der Waals surface area contributed by atoms with Crippen molar-refractivity contribution in [3.05, 3.63) is 59.9 Å². The van der Waals surface area contributed by atoms with Crippen molar-refractivity contribution >= 4 is 23.4 Å². The lowest BCUT2D eigenvalue weighted by molar-refractivity contribution is -0.137. The molecule has 0 fully saturated rings. The minimum atomic E-state index is -4.44. The summed E-state index contributed by atoms with van der Waals surface area (Å²) in [5.74, 6) is 1.49. The Labute approximate surface area is 157 Å². The third kappa shape index (κ3) is 3.46. The number of methoxy groups -OCH3 is 1. The summed E-state index contributed by atoms with van der Waals surface area (Å²) in [6.45, 7) is 0. The predicted octanol–water partition coefficient (Wildman–Crippen LogP) is 5.10. The van der Waals surface area contributed by atoms with E-state index in [9.17, 15) is 13.2 Å². The van der Waals surface area contributed by atoms with Crippen LogP contribution in [0, 0.1) is 0 Å². The molecule has 1 aliphatic rings. The number of anilines is 2. The molecular formula is C19H13F3N4O2. The quantitative estimate of drug-likeness (QED) is 0.530. The van der Waals surface area contributed by atoms with Crippen LogP contribution in [0.15, 0.2) is 53.8 Å². The standard InChI is InChI=1S/C19H13F3N4O2/c1-27-14-6-5-11-9-23-16-17(24-10-25-18(16)28-15(11)8-14)26-13-4-2-3-12(7-13)19(20,21)22/h2-10H,1H3,(H,24,25,26). The summed E-state index contributed by atoms with van der Waals surface area (Å²) in [6.07, 6.45) is -1.63. The number of benzene rings is 2. The Balaban J connectivity index is 1.70. The molecule has 3 aromatic rings. The van der Waals surface area contributed by atoms with Gasteiger partial charge in [-0.05, 0) is 30.3 Å². The summed E-state index contributed by atoms with van der Waals surface area (Å²) < 4.78 is 49.8. The molecule has 0 bridgehead atoms. The van der Waals surface area contributed by atoms with Crippen molar-refractivity contribution < 1.29 is 22.6 Å². The number of aliphatic imine (C=N–C) groups is 1. The van der Waals surface area contributed by atoms with Crippen molar-refractivity contribution in [2.75, 3.05) is 12.4 Å². The van der Waals surface area contributed by atoms with E-state index in [1.807, 2.05) is 0 Å². The first-order chi connectivity index (χ1) is 13.4. The zero-order chi connectivity index (χ0) is 19.7. The molecule has 6 nitrogen and oxygen atoms in total. The highest BCUT2D eigenvalue weighted by molar-refractivity contribution is 5.90. The van der Waals surface area contributed by atoms with Crippen LogP contribution in [0.5, 0.6) is 17.4 Å². The highest BCUT2D eigenvalue weighted by atomic mass is 19.4. The second-order valence-electron chi connectivity index (χ2n) is 5.84. The normalized spacial score (nSPS) is 12.4. The van der Waals surface area contributed by atoms with Crippen LogP contribution >= 0.6 is 0 Å². The van der Waals surface area contributed by atoms with Gasteiger partial charge in [-0.2, -0.15) is 18.2 Å².